The molecule has 0 atom stereocenters. The lowest BCUT2D eigenvalue weighted by molar-refractivity contribution is 0.0933. The number of carbonyl (C=O) groups is 1. The highest BCUT2D eigenvalue weighted by molar-refractivity contribution is 5.94. The highest BCUT2D eigenvalue weighted by Crippen LogP contribution is 2.25. The van der Waals surface area contributed by atoms with Crippen LogP contribution in [0.4, 0.5) is 10.3 Å². The molecule has 0 aliphatic carbocycles. The molecule has 9 nitrogen and oxygen atoms in total. The lowest BCUT2D eigenvalue weighted by atomic mass is 9.92. The molecule has 4 rings (SSSR count). The molecule has 1 aliphatic heterocycles. The number of aryl methyl sites for hydroxylation is 1. The quantitative estimate of drug-likeness (QED) is 0.406. The Labute approximate surface area is 210 Å². The number of anilines is 1. The Bertz CT molecular complexity index is 1130. The molecule has 2 aromatic heterocycles. The molecule has 192 valence electrons. The second-order valence-corrected chi connectivity index (χ2v) is 8.99. The molecule has 10 heteroatoms. The zero-order chi connectivity index (χ0) is 25.3. The molecule has 0 spiro atoms. The van der Waals surface area contributed by atoms with Gasteiger partial charge in [-0.3, -0.25) is 9.48 Å². The number of rotatable bonds is 11. The van der Waals surface area contributed by atoms with Crippen molar-refractivity contribution >= 4 is 11.9 Å². The van der Waals surface area contributed by atoms with E-state index in [0.717, 1.165) is 55.8 Å². The molecule has 1 fully saturated rings. The van der Waals surface area contributed by atoms with Crippen molar-refractivity contribution in [2.45, 2.75) is 25.7 Å². The number of nitrogens with zero attached hydrogens (tertiary/aromatic N) is 5. The Morgan fingerprint density at radius 3 is 2.58 bits per heavy atom. The molecule has 0 bridgehead atoms. The summed E-state index contributed by atoms with van der Waals surface area (Å²) < 4.78 is 26.7. The predicted octanol–water partition coefficient (Wildman–Crippen LogP) is 3.47. The third-order valence-electron chi connectivity index (χ3n) is 6.38. The molecule has 0 radical (unpaired) electrons. The van der Waals surface area contributed by atoms with Crippen LogP contribution in [-0.4, -0.2) is 65.6 Å². The van der Waals surface area contributed by atoms with Gasteiger partial charge >= 0.3 is 0 Å². The lowest BCUT2D eigenvalue weighted by Gasteiger charge is -2.32. The first kappa shape index (κ1) is 25.6. The molecule has 1 aliphatic rings. The number of amides is 1. The van der Waals surface area contributed by atoms with Crippen molar-refractivity contribution in [1.29, 1.82) is 0 Å². The van der Waals surface area contributed by atoms with Gasteiger partial charge in [-0.15, -0.1) is 0 Å². The number of halogens is 1. The minimum Gasteiger partial charge on any atom is -0.493 e. The molecule has 1 amide bonds. The van der Waals surface area contributed by atoms with Crippen LogP contribution in [0.1, 0.15) is 36.0 Å². The molecular weight excluding hydrogens is 463 g/mol. The molecule has 36 heavy (non-hydrogen) atoms. The Kier molecular flexibility index (Phi) is 8.83. The van der Waals surface area contributed by atoms with Gasteiger partial charge in [0.2, 0.25) is 5.95 Å². The van der Waals surface area contributed by atoms with Gasteiger partial charge in [-0.1, -0.05) is 0 Å². The van der Waals surface area contributed by atoms with Gasteiger partial charge in [0.1, 0.15) is 11.6 Å². The van der Waals surface area contributed by atoms with E-state index in [1.807, 2.05) is 31.8 Å². The highest BCUT2D eigenvalue weighted by Gasteiger charge is 2.21. The van der Waals surface area contributed by atoms with E-state index in [0.29, 0.717) is 31.4 Å². The average Bonchev–Trinajstić information content (AvgIpc) is 3.33. The third kappa shape index (κ3) is 6.78. The van der Waals surface area contributed by atoms with Gasteiger partial charge in [0.05, 0.1) is 25.0 Å². The molecule has 1 N–H and O–H groups in total. The van der Waals surface area contributed by atoms with Crippen molar-refractivity contribution in [3.63, 3.8) is 0 Å². The summed E-state index contributed by atoms with van der Waals surface area (Å²) >= 11 is 0. The van der Waals surface area contributed by atoms with E-state index in [9.17, 15) is 9.18 Å². The summed E-state index contributed by atoms with van der Waals surface area (Å²) in [5, 5.41) is 6.81. The summed E-state index contributed by atoms with van der Waals surface area (Å²) in [6.45, 7) is 3.07. The second kappa shape index (κ2) is 12.4. The maximum Gasteiger partial charge on any atom is 0.254 e. The minimum atomic E-state index is -0.592. The van der Waals surface area contributed by atoms with Gasteiger partial charge in [0, 0.05) is 69.6 Å². The zero-order valence-electron chi connectivity index (χ0n) is 20.8. The van der Waals surface area contributed by atoms with Gasteiger partial charge in [-0.2, -0.15) is 5.10 Å². The molecule has 0 unspecified atom stereocenters. The number of carbonyl (C=O) groups excluding carboxylic acids is 1. The van der Waals surface area contributed by atoms with Crippen molar-refractivity contribution < 1.29 is 18.7 Å². The van der Waals surface area contributed by atoms with Crippen molar-refractivity contribution in [2.75, 3.05) is 44.9 Å². The summed E-state index contributed by atoms with van der Waals surface area (Å²) in [6.07, 6.45) is 11.6. The smallest absolute Gasteiger partial charge is 0.254 e. The Morgan fingerprint density at radius 1 is 1.14 bits per heavy atom. The van der Waals surface area contributed by atoms with Crippen LogP contribution in [0.15, 0.2) is 43.0 Å². The fraction of sp³-hybridized carbons (Fsp3) is 0.462. The summed E-state index contributed by atoms with van der Waals surface area (Å²) in [7, 11) is 3.43. The van der Waals surface area contributed by atoms with Crippen molar-refractivity contribution in [1.82, 2.24) is 25.1 Å². The molecular formula is C26H33FN6O3. The summed E-state index contributed by atoms with van der Waals surface area (Å²) in [5.74, 6) is 0.766. The molecule has 0 saturated carbocycles. The first-order valence-electron chi connectivity index (χ1n) is 12.3. The van der Waals surface area contributed by atoms with Gasteiger partial charge in [0.25, 0.3) is 5.91 Å². The van der Waals surface area contributed by atoms with Gasteiger partial charge in [-0.25, -0.2) is 14.4 Å². The number of hydrogen-bond acceptors (Lipinski definition) is 7. The number of hydrogen-bond donors (Lipinski definition) is 1. The fourth-order valence-electron chi connectivity index (χ4n) is 4.32. The fourth-order valence-corrected chi connectivity index (χ4v) is 4.32. The van der Waals surface area contributed by atoms with Crippen LogP contribution in [0.5, 0.6) is 5.75 Å². The largest absolute Gasteiger partial charge is 0.493 e. The van der Waals surface area contributed by atoms with E-state index < -0.39 is 11.7 Å². The van der Waals surface area contributed by atoms with Crippen molar-refractivity contribution in [2.24, 2.45) is 13.0 Å². The first-order valence-corrected chi connectivity index (χ1v) is 12.3. The number of nitrogens with one attached hydrogen (secondary N) is 1. The van der Waals surface area contributed by atoms with Gasteiger partial charge < -0.3 is 19.7 Å². The lowest BCUT2D eigenvalue weighted by Crippen LogP contribution is -2.34. The van der Waals surface area contributed by atoms with E-state index in [2.05, 4.69) is 25.3 Å². The zero-order valence-corrected chi connectivity index (χ0v) is 20.8. The number of benzene rings is 1. The van der Waals surface area contributed by atoms with E-state index >= 15 is 0 Å². The van der Waals surface area contributed by atoms with E-state index in [4.69, 9.17) is 9.47 Å². The topological polar surface area (TPSA) is 94.4 Å². The summed E-state index contributed by atoms with van der Waals surface area (Å²) in [5.41, 5.74) is 1.97. The predicted molar refractivity (Wildman–Crippen MR) is 135 cm³/mol. The SMILES string of the molecule is COCCNC(=O)c1ccc(OCCCC2CCN(c3ncc(-c4cnn(C)c4)cn3)CC2)cc1F. The highest BCUT2D eigenvalue weighted by atomic mass is 19.1. The van der Waals surface area contributed by atoms with Crippen LogP contribution < -0.4 is 15.0 Å². The monoisotopic (exact) mass is 496 g/mol. The number of aromatic nitrogens is 4. The average molecular weight is 497 g/mol. The maximum absolute atomic E-state index is 14.3. The Balaban J connectivity index is 1.16. The van der Waals surface area contributed by atoms with Gasteiger partial charge in [0.15, 0.2) is 0 Å². The van der Waals surface area contributed by atoms with Crippen molar-refractivity contribution in [3.8, 4) is 16.9 Å². The Hall–Kier alpha value is -3.53. The first-order chi connectivity index (χ1) is 17.5. The number of piperidine rings is 1. The van der Waals surface area contributed by atoms with Crippen LogP contribution in [0.25, 0.3) is 11.1 Å². The standard InChI is InChI=1S/C26H33FN6O3/c1-32-18-21(17-31-32)20-15-29-26(30-16-20)33-10-7-19(8-11-33)4-3-12-36-22-5-6-23(24(27)14-22)25(34)28-9-13-35-2/h5-6,14-19H,3-4,7-13H2,1-2H3,(H,28,34). The van der Waals surface area contributed by atoms with Gasteiger partial charge in [-0.05, 0) is 43.7 Å². The molecule has 1 saturated heterocycles. The van der Waals surface area contributed by atoms with Crippen LogP contribution in [0.2, 0.25) is 0 Å². The number of methoxy groups -OCH3 is 1. The van der Waals surface area contributed by atoms with Crippen molar-refractivity contribution in [3.05, 3.63) is 54.4 Å². The number of ether oxygens (including phenoxy) is 2. The molecule has 1 aromatic carbocycles. The summed E-state index contributed by atoms with van der Waals surface area (Å²) in [4.78, 5) is 23.4. The van der Waals surface area contributed by atoms with E-state index in [-0.39, 0.29) is 5.56 Å². The van der Waals surface area contributed by atoms with Crippen LogP contribution >= 0.6 is 0 Å². The summed E-state index contributed by atoms with van der Waals surface area (Å²) in [6, 6.07) is 4.35. The third-order valence-corrected chi connectivity index (χ3v) is 6.38. The van der Waals surface area contributed by atoms with Crippen LogP contribution in [-0.2, 0) is 11.8 Å². The molecule has 3 aromatic rings. The maximum atomic E-state index is 14.3. The molecule has 3 heterocycles. The van der Waals surface area contributed by atoms with Crippen LogP contribution in [0, 0.1) is 11.7 Å². The minimum absolute atomic E-state index is 0.000839. The van der Waals surface area contributed by atoms with E-state index in [1.54, 1.807) is 17.9 Å². The normalized spacial score (nSPS) is 14.1. The second-order valence-electron chi connectivity index (χ2n) is 8.99. The van der Waals surface area contributed by atoms with E-state index in [1.165, 1.54) is 12.1 Å². The Morgan fingerprint density at radius 2 is 1.92 bits per heavy atom. The van der Waals surface area contributed by atoms with Crippen LogP contribution in [0.3, 0.4) is 0 Å².